The molecule has 1 aliphatic rings. The van der Waals surface area contributed by atoms with E-state index in [0.29, 0.717) is 5.92 Å². The normalized spacial score (nSPS) is 19.1. The molecule has 19 heavy (non-hydrogen) atoms. The molecule has 0 amide bonds. The van der Waals surface area contributed by atoms with Gasteiger partial charge in [-0.2, -0.15) is 0 Å². The fourth-order valence-electron chi connectivity index (χ4n) is 2.92. The highest BCUT2D eigenvalue weighted by atomic mass is 14.8. The number of nitrogens with two attached hydrogens (primary N) is 1. The second kappa shape index (κ2) is 5.49. The Morgan fingerprint density at radius 1 is 1.16 bits per heavy atom. The summed E-state index contributed by atoms with van der Waals surface area (Å²) in [6, 6.07) is 10.4. The highest BCUT2D eigenvalue weighted by Gasteiger charge is 2.28. The highest BCUT2D eigenvalue weighted by Crippen LogP contribution is 2.34. The third kappa shape index (κ3) is 2.66. The first kappa shape index (κ1) is 12.3. The van der Waals surface area contributed by atoms with Crippen LogP contribution in [0.4, 0.5) is 0 Å². The van der Waals surface area contributed by atoms with Crippen molar-refractivity contribution in [3.63, 3.8) is 0 Å². The molecule has 2 aromatic heterocycles. The number of hydrogen-bond acceptors (Lipinski definition) is 3. The van der Waals surface area contributed by atoms with Crippen LogP contribution in [0.15, 0.2) is 42.7 Å². The minimum Gasteiger partial charge on any atom is -0.327 e. The second-order valence-electron chi connectivity index (χ2n) is 5.22. The fraction of sp³-hybridized carbons (Fsp3) is 0.375. The largest absolute Gasteiger partial charge is 0.327 e. The van der Waals surface area contributed by atoms with E-state index in [1.807, 2.05) is 30.6 Å². The van der Waals surface area contributed by atoms with E-state index in [4.69, 9.17) is 5.73 Å². The maximum atomic E-state index is 6.37. The van der Waals surface area contributed by atoms with Gasteiger partial charge in [0.25, 0.3) is 0 Å². The molecule has 0 saturated carbocycles. The van der Waals surface area contributed by atoms with Gasteiger partial charge in [-0.05, 0) is 49.4 Å². The molecule has 3 nitrogen and oxygen atoms in total. The summed E-state index contributed by atoms with van der Waals surface area (Å²) in [4.78, 5) is 8.87. The molecule has 3 rings (SSSR count). The van der Waals surface area contributed by atoms with Crippen molar-refractivity contribution in [2.24, 2.45) is 5.73 Å². The van der Waals surface area contributed by atoms with Gasteiger partial charge in [0, 0.05) is 35.7 Å². The zero-order chi connectivity index (χ0) is 13.1. The first-order chi connectivity index (χ1) is 9.34. The summed E-state index contributed by atoms with van der Waals surface area (Å²) in [6.45, 7) is 0. The maximum absolute atomic E-state index is 6.37. The molecule has 3 heteroatoms. The van der Waals surface area contributed by atoms with Crippen molar-refractivity contribution in [2.45, 2.75) is 37.6 Å². The van der Waals surface area contributed by atoms with Crippen LogP contribution in [0.3, 0.4) is 0 Å². The molecule has 2 unspecified atom stereocenters. The quantitative estimate of drug-likeness (QED) is 0.910. The maximum Gasteiger partial charge on any atom is 0.0482 e. The van der Waals surface area contributed by atoms with Crippen molar-refractivity contribution in [3.05, 3.63) is 59.7 Å². The van der Waals surface area contributed by atoms with E-state index in [1.54, 1.807) is 0 Å². The summed E-state index contributed by atoms with van der Waals surface area (Å²) in [6.07, 6.45) is 7.88. The fourth-order valence-corrected chi connectivity index (χ4v) is 2.92. The first-order valence-electron chi connectivity index (χ1n) is 6.94. The lowest BCUT2D eigenvalue weighted by Gasteiger charge is -2.19. The Kier molecular flexibility index (Phi) is 3.56. The molecule has 0 radical (unpaired) electrons. The van der Waals surface area contributed by atoms with Gasteiger partial charge in [-0.25, -0.2) is 0 Å². The molecule has 0 saturated heterocycles. The molecule has 2 atom stereocenters. The van der Waals surface area contributed by atoms with Crippen LogP contribution in [-0.2, 0) is 12.8 Å². The predicted octanol–water partition coefficient (Wildman–Crippen LogP) is 2.47. The van der Waals surface area contributed by atoms with E-state index in [0.717, 1.165) is 31.4 Å². The van der Waals surface area contributed by atoms with Crippen molar-refractivity contribution < 1.29 is 0 Å². The molecule has 0 aromatic carbocycles. The molecule has 2 heterocycles. The standard InChI is InChI=1S/C16H19N3/c17-15(9-7-13-5-1-2-10-18-13)14-8-6-12-4-3-11-19-16(12)14/h1-5,10-11,14-15H,6-9,17H2. The zero-order valence-corrected chi connectivity index (χ0v) is 11.0. The van der Waals surface area contributed by atoms with Crippen LogP contribution in [-0.4, -0.2) is 16.0 Å². The van der Waals surface area contributed by atoms with Gasteiger partial charge in [-0.1, -0.05) is 12.1 Å². The Morgan fingerprint density at radius 2 is 2.05 bits per heavy atom. The average molecular weight is 253 g/mol. The number of aromatic nitrogens is 2. The van der Waals surface area contributed by atoms with E-state index in [9.17, 15) is 0 Å². The lowest BCUT2D eigenvalue weighted by molar-refractivity contribution is 0.488. The van der Waals surface area contributed by atoms with Gasteiger partial charge in [-0.3, -0.25) is 9.97 Å². The Hall–Kier alpha value is -1.74. The first-order valence-corrected chi connectivity index (χ1v) is 6.94. The van der Waals surface area contributed by atoms with Gasteiger partial charge in [0.1, 0.15) is 0 Å². The van der Waals surface area contributed by atoms with Crippen molar-refractivity contribution in [1.29, 1.82) is 0 Å². The van der Waals surface area contributed by atoms with Crippen molar-refractivity contribution in [3.8, 4) is 0 Å². The highest BCUT2D eigenvalue weighted by molar-refractivity contribution is 5.29. The summed E-state index contributed by atoms with van der Waals surface area (Å²) in [5.74, 6) is 0.417. The molecule has 0 fully saturated rings. The van der Waals surface area contributed by atoms with Crippen LogP contribution in [0.2, 0.25) is 0 Å². The topological polar surface area (TPSA) is 51.8 Å². The molecule has 0 aliphatic heterocycles. The number of hydrogen-bond donors (Lipinski definition) is 1. The predicted molar refractivity (Wildman–Crippen MR) is 75.8 cm³/mol. The van der Waals surface area contributed by atoms with Crippen LogP contribution < -0.4 is 5.73 Å². The molecule has 98 valence electrons. The monoisotopic (exact) mass is 253 g/mol. The van der Waals surface area contributed by atoms with Crippen molar-refractivity contribution in [2.75, 3.05) is 0 Å². The van der Waals surface area contributed by atoms with Gasteiger partial charge in [-0.15, -0.1) is 0 Å². The molecular weight excluding hydrogens is 234 g/mol. The number of aryl methyl sites for hydroxylation is 2. The lowest BCUT2D eigenvalue weighted by atomic mass is 9.93. The second-order valence-corrected chi connectivity index (χ2v) is 5.22. The van der Waals surface area contributed by atoms with Crippen molar-refractivity contribution in [1.82, 2.24) is 9.97 Å². The van der Waals surface area contributed by atoms with Gasteiger partial charge in [0.2, 0.25) is 0 Å². The third-order valence-corrected chi connectivity index (χ3v) is 3.98. The van der Waals surface area contributed by atoms with Crippen molar-refractivity contribution >= 4 is 0 Å². The minimum absolute atomic E-state index is 0.179. The van der Waals surface area contributed by atoms with Crippen LogP contribution >= 0.6 is 0 Å². The minimum atomic E-state index is 0.179. The molecule has 0 bridgehead atoms. The van der Waals surface area contributed by atoms with Gasteiger partial charge >= 0.3 is 0 Å². The van der Waals surface area contributed by atoms with E-state index >= 15 is 0 Å². The number of rotatable bonds is 4. The molecule has 2 aromatic rings. The van der Waals surface area contributed by atoms with E-state index in [1.165, 1.54) is 11.3 Å². The SMILES string of the molecule is NC(CCc1ccccn1)C1CCc2cccnc21. The van der Waals surface area contributed by atoms with Gasteiger partial charge in [0.15, 0.2) is 0 Å². The Labute approximate surface area is 113 Å². The van der Waals surface area contributed by atoms with E-state index in [-0.39, 0.29) is 6.04 Å². The Morgan fingerprint density at radius 3 is 2.89 bits per heavy atom. The average Bonchev–Trinajstić information content (AvgIpc) is 2.90. The van der Waals surface area contributed by atoms with Gasteiger partial charge < -0.3 is 5.73 Å². The summed E-state index contributed by atoms with van der Waals surface area (Å²) in [5.41, 5.74) is 10.1. The van der Waals surface area contributed by atoms with E-state index < -0.39 is 0 Å². The van der Waals surface area contributed by atoms with Crippen LogP contribution in [0, 0.1) is 0 Å². The lowest BCUT2D eigenvalue weighted by Crippen LogP contribution is -2.28. The Bertz CT molecular complexity index is 539. The third-order valence-electron chi connectivity index (χ3n) is 3.98. The zero-order valence-electron chi connectivity index (χ0n) is 11.0. The summed E-state index contributed by atoms with van der Waals surface area (Å²) in [5, 5.41) is 0. The van der Waals surface area contributed by atoms with Crippen LogP contribution in [0.25, 0.3) is 0 Å². The van der Waals surface area contributed by atoms with E-state index in [2.05, 4.69) is 22.1 Å². The van der Waals surface area contributed by atoms with Crippen LogP contribution in [0.5, 0.6) is 0 Å². The van der Waals surface area contributed by atoms with Gasteiger partial charge in [0.05, 0.1) is 0 Å². The number of fused-ring (bicyclic) bond motifs is 1. The molecule has 2 N–H and O–H groups in total. The molecule has 1 aliphatic carbocycles. The van der Waals surface area contributed by atoms with Crippen LogP contribution in [0.1, 0.15) is 35.7 Å². The summed E-state index contributed by atoms with van der Waals surface area (Å²) >= 11 is 0. The molecular formula is C16H19N3. The Balaban J connectivity index is 1.64. The number of pyridine rings is 2. The summed E-state index contributed by atoms with van der Waals surface area (Å²) < 4.78 is 0. The molecule has 0 spiro atoms. The summed E-state index contributed by atoms with van der Waals surface area (Å²) in [7, 11) is 0. The number of nitrogens with zero attached hydrogens (tertiary/aromatic N) is 2. The smallest absolute Gasteiger partial charge is 0.0482 e.